The molecule has 0 aromatic rings. The predicted molar refractivity (Wildman–Crippen MR) is 32.8 cm³/mol. The van der Waals surface area contributed by atoms with E-state index in [4.69, 9.17) is 0 Å². The Bertz CT molecular complexity index is 119. The van der Waals surface area contributed by atoms with Crippen LogP contribution in [0.25, 0.3) is 0 Å². The summed E-state index contributed by atoms with van der Waals surface area (Å²) in [4.78, 5) is 0. The van der Waals surface area contributed by atoms with Crippen LogP contribution in [0.5, 0.6) is 0 Å². The Hall–Kier alpha value is 1.37. The molecule has 0 aliphatic heterocycles. The van der Waals surface area contributed by atoms with Crippen molar-refractivity contribution in [3.63, 3.8) is 0 Å². The van der Waals surface area contributed by atoms with E-state index in [-0.39, 0.29) is 51.4 Å². The van der Waals surface area contributed by atoms with Crippen molar-refractivity contribution in [2.75, 3.05) is 21.3 Å². The van der Waals surface area contributed by atoms with E-state index in [1.54, 1.807) is 0 Å². The van der Waals surface area contributed by atoms with Gasteiger partial charge in [-0.2, -0.15) is 0 Å². The van der Waals surface area contributed by atoms with E-state index in [0.717, 1.165) is 21.3 Å². The second-order valence-corrected chi connectivity index (χ2v) is 1.89. The first kappa shape index (κ1) is 15.8. The summed E-state index contributed by atoms with van der Waals surface area (Å²) in [5.41, 5.74) is 0. The van der Waals surface area contributed by atoms with Crippen LogP contribution in [0.1, 0.15) is 0 Å². The van der Waals surface area contributed by atoms with Gasteiger partial charge in [0.15, 0.2) is 0 Å². The molecule has 0 N–H and O–H groups in total. The molecule has 0 radical (unpaired) electrons. The van der Waals surface area contributed by atoms with Crippen molar-refractivity contribution < 1.29 is 78.5 Å². The molecule has 0 atom stereocenters. The van der Waals surface area contributed by atoms with Gasteiger partial charge in [0, 0.05) is 0 Å². The molecule has 0 rings (SSSR count). The first-order chi connectivity index (χ1) is 4.93. The predicted octanol–water partition coefficient (Wildman–Crippen LogP) is -2.03. The average molecular weight is 212 g/mol. The van der Waals surface area contributed by atoms with E-state index >= 15 is 0 Å². The zero-order chi connectivity index (χ0) is 9.12. The van der Waals surface area contributed by atoms with Crippen LogP contribution < -0.4 is 51.4 Å². The molecular formula is C4H9BF3KO3. The molecule has 0 aliphatic carbocycles. The maximum absolute atomic E-state index is 12.0. The largest absolute Gasteiger partial charge is 1.00 e. The molecule has 0 bridgehead atoms. The van der Waals surface area contributed by atoms with Crippen LogP contribution in [0.4, 0.5) is 13.2 Å². The van der Waals surface area contributed by atoms with Crippen LogP contribution in [0.3, 0.4) is 0 Å². The number of hydrogen-bond donors (Lipinski definition) is 0. The van der Waals surface area contributed by atoms with E-state index in [2.05, 4.69) is 14.0 Å². The van der Waals surface area contributed by atoms with Crippen LogP contribution in [0.15, 0.2) is 0 Å². The smallest absolute Gasteiger partial charge is 0.541 e. The van der Waals surface area contributed by atoms with Crippen molar-refractivity contribution in [1.82, 2.24) is 0 Å². The van der Waals surface area contributed by atoms with Gasteiger partial charge in [-0.05, 0) is 21.3 Å². The minimum absolute atomic E-state index is 0. The van der Waals surface area contributed by atoms with Crippen molar-refractivity contribution in [3.05, 3.63) is 0 Å². The maximum Gasteiger partial charge on any atom is 1.00 e. The molecule has 8 heteroatoms. The van der Waals surface area contributed by atoms with E-state index in [0.29, 0.717) is 0 Å². The average Bonchev–Trinajstić information content (AvgIpc) is 1.90. The SMILES string of the molecule is CO[B-](OC)(OC)C(F)(F)F.[K+]. The summed E-state index contributed by atoms with van der Waals surface area (Å²) >= 11 is 0. The molecule has 0 saturated carbocycles. The van der Waals surface area contributed by atoms with Crippen molar-refractivity contribution in [3.8, 4) is 0 Å². The van der Waals surface area contributed by atoms with E-state index in [1.165, 1.54) is 0 Å². The molecule has 12 heavy (non-hydrogen) atoms. The Morgan fingerprint density at radius 3 is 1.17 bits per heavy atom. The van der Waals surface area contributed by atoms with Gasteiger partial charge in [0.05, 0.1) is 0 Å². The first-order valence-electron chi connectivity index (χ1n) is 2.79. The number of hydrogen-bond acceptors (Lipinski definition) is 3. The molecule has 0 spiro atoms. The fraction of sp³-hybridized carbons (Fsp3) is 1.00. The summed E-state index contributed by atoms with van der Waals surface area (Å²) in [6.45, 7) is -3.60. The van der Waals surface area contributed by atoms with Crippen LogP contribution in [-0.2, 0) is 14.0 Å². The van der Waals surface area contributed by atoms with Crippen LogP contribution in [0, 0.1) is 0 Å². The maximum atomic E-state index is 12.0. The normalized spacial score (nSPS) is 12.5. The van der Waals surface area contributed by atoms with Crippen LogP contribution in [0.2, 0.25) is 0 Å². The second-order valence-electron chi connectivity index (χ2n) is 1.89. The molecular weight excluding hydrogens is 203 g/mol. The van der Waals surface area contributed by atoms with Gasteiger partial charge in [0.25, 0.3) is 0 Å². The topological polar surface area (TPSA) is 27.7 Å². The molecule has 0 saturated heterocycles. The van der Waals surface area contributed by atoms with Crippen LogP contribution >= 0.6 is 0 Å². The fourth-order valence-corrected chi connectivity index (χ4v) is 0.690. The van der Waals surface area contributed by atoms with Gasteiger partial charge in [-0.1, -0.05) is 0 Å². The third kappa shape index (κ3) is 3.26. The number of rotatable bonds is 3. The van der Waals surface area contributed by atoms with Crippen LogP contribution in [-0.4, -0.2) is 34.2 Å². The molecule has 0 amide bonds. The Morgan fingerprint density at radius 2 is 1.17 bits per heavy atom. The number of halogens is 3. The van der Waals surface area contributed by atoms with Crippen molar-refractivity contribution in [2.24, 2.45) is 0 Å². The summed E-state index contributed by atoms with van der Waals surface area (Å²) in [5, 5.41) is 0. The van der Waals surface area contributed by atoms with Crippen molar-refractivity contribution in [1.29, 1.82) is 0 Å². The molecule has 0 heterocycles. The minimum atomic E-state index is -4.64. The zero-order valence-corrected chi connectivity index (χ0v) is 10.6. The van der Waals surface area contributed by atoms with E-state index in [9.17, 15) is 13.2 Å². The molecule has 0 unspecified atom stereocenters. The van der Waals surface area contributed by atoms with E-state index in [1.807, 2.05) is 0 Å². The van der Waals surface area contributed by atoms with Gasteiger partial charge < -0.3 is 14.0 Å². The Kier molecular flexibility index (Phi) is 7.87. The molecule has 0 aliphatic rings. The molecule has 68 valence electrons. The number of alkyl halides is 3. The monoisotopic (exact) mass is 212 g/mol. The quantitative estimate of drug-likeness (QED) is 0.505. The first-order valence-corrected chi connectivity index (χ1v) is 2.79. The second kappa shape index (κ2) is 5.97. The van der Waals surface area contributed by atoms with Crippen molar-refractivity contribution >= 4 is 6.75 Å². The Labute approximate surface area is 111 Å². The molecule has 0 fully saturated rings. The summed E-state index contributed by atoms with van der Waals surface area (Å²) in [7, 11) is 2.63. The van der Waals surface area contributed by atoms with Gasteiger partial charge in [-0.25, -0.2) is 13.2 Å². The van der Waals surface area contributed by atoms with Gasteiger partial charge in [-0.3, -0.25) is 0 Å². The third-order valence-electron chi connectivity index (χ3n) is 1.33. The zero-order valence-electron chi connectivity index (χ0n) is 7.44. The van der Waals surface area contributed by atoms with Gasteiger partial charge in [-0.15, -0.1) is 0 Å². The van der Waals surface area contributed by atoms with Gasteiger partial charge >= 0.3 is 64.2 Å². The fourth-order valence-electron chi connectivity index (χ4n) is 0.690. The third-order valence-corrected chi connectivity index (χ3v) is 1.33. The Balaban J connectivity index is 0. The molecule has 0 aromatic heterocycles. The minimum Gasteiger partial charge on any atom is -0.541 e. The Morgan fingerprint density at radius 1 is 0.917 bits per heavy atom. The van der Waals surface area contributed by atoms with Gasteiger partial charge in [0.2, 0.25) is 0 Å². The molecule has 0 aromatic carbocycles. The van der Waals surface area contributed by atoms with E-state index < -0.39 is 12.8 Å². The summed E-state index contributed by atoms with van der Waals surface area (Å²) in [6, 6.07) is 0. The standard InChI is InChI=1S/C4H9BF3O3.K/c1-9-5(10-2,11-3)4(6,7)8;/h1-3H3;/q-1;+1. The summed E-state index contributed by atoms with van der Waals surface area (Å²) in [6.07, 6.45) is -4.64. The summed E-state index contributed by atoms with van der Waals surface area (Å²) < 4.78 is 48.4. The summed E-state index contributed by atoms with van der Waals surface area (Å²) in [5.74, 6) is 0. The van der Waals surface area contributed by atoms with Crippen molar-refractivity contribution in [2.45, 2.75) is 6.08 Å². The molecule has 3 nitrogen and oxygen atoms in total. The van der Waals surface area contributed by atoms with Gasteiger partial charge in [0.1, 0.15) is 0 Å².